The SMILES string of the molecule is CCc1cc(C#N)cc2c(NCc3ccc(OC)c(Cl)c3)c(C(=O)O)cnc12. The van der Waals surface area contributed by atoms with Crippen molar-refractivity contribution >= 4 is 34.2 Å². The average molecular weight is 396 g/mol. The van der Waals surface area contributed by atoms with E-state index < -0.39 is 5.97 Å². The van der Waals surface area contributed by atoms with E-state index in [2.05, 4.69) is 16.4 Å². The van der Waals surface area contributed by atoms with Crippen LogP contribution < -0.4 is 10.1 Å². The maximum atomic E-state index is 11.7. The van der Waals surface area contributed by atoms with Crippen LogP contribution in [0.1, 0.15) is 34.0 Å². The largest absolute Gasteiger partial charge is 0.495 e. The third-order valence-corrected chi connectivity index (χ3v) is 4.77. The van der Waals surface area contributed by atoms with E-state index in [9.17, 15) is 15.2 Å². The van der Waals surface area contributed by atoms with Crippen LogP contribution in [0.3, 0.4) is 0 Å². The van der Waals surface area contributed by atoms with E-state index in [4.69, 9.17) is 16.3 Å². The van der Waals surface area contributed by atoms with Crippen molar-refractivity contribution in [3.63, 3.8) is 0 Å². The minimum Gasteiger partial charge on any atom is -0.495 e. The smallest absolute Gasteiger partial charge is 0.339 e. The van der Waals surface area contributed by atoms with Gasteiger partial charge in [0.2, 0.25) is 0 Å². The molecule has 142 valence electrons. The van der Waals surface area contributed by atoms with Crippen LogP contribution in [0.2, 0.25) is 5.02 Å². The number of halogens is 1. The molecule has 6 nitrogen and oxygen atoms in total. The van der Waals surface area contributed by atoms with Gasteiger partial charge in [0.1, 0.15) is 11.3 Å². The number of nitriles is 1. The molecule has 2 N–H and O–H groups in total. The van der Waals surface area contributed by atoms with Gasteiger partial charge in [0.15, 0.2) is 0 Å². The maximum absolute atomic E-state index is 11.7. The van der Waals surface area contributed by atoms with Crippen molar-refractivity contribution < 1.29 is 14.6 Å². The molecule has 0 fully saturated rings. The van der Waals surface area contributed by atoms with Crippen molar-refractivity contribution in [3.05, 3.63) is 63.8 Å². The minimum absolute atomic E-state index is 0.0456. The zero-order valence-corrected chi connectivity index (χ0v) is 16.2. The number of aryl methyl sites for hydroxylation is 1. The molecule has 3 aromatic rings. The van der Waals surface area contributed by atoms with Gasteiger partial charge in [0.05, 0.1) is 35.0 Å². The second kappa shape index (κ2) is 8.15. The van der Waals surface area contributed by atoms with Gasteiger partial charge in [-0.2, -0.15) is 5.26 Å². The maximum Gasteiger partial charge on any atom is 0.339 e. The Morgan fingerprint density at radius 3 is 2.75 bits per heavy atom. The highest BCUT2D eigenvalue weighted by molar-refractivity contribution is 6.32. The van der Waals surface area contributed by atoms with Crippen LogP contribution in [0.15, 0.2) is 36.5 Å². The Balaban J connectivity index is 2.09. The lowest BCUT2D eigenvalue weighted by molar-refractivity contribution is 0.0697. The normalized spacial score (nSPS) is 10.5. The van der Waals surface area contributed by atoms with Crippen LogP contribution in [0.5, 0.6) is 5.75 Å². The van der Waals surface area contributed by atoms with Gasteiger partial charge in [-0.3, -0.25) is 4.98 Å². The number of methoxy groups -OCH3 is 1. The van der Waals surface area contributed by atoms with Gasteiger partial charge in [-0.25, -0.2) is 4.79 Å². The summed E-state index contributed by atoms with van der Waals surface area (Å²) in [5, 5.41) is 23.2. The second-order valence-corrected chi connectivity index (χ2v) is 6.58. The van der Waals surface area contributed by atoms with Crippen LogP contribution in [-0.2, 0) is 13.0 Å². The molecule has 0 saturated heterocycles. The number of nitrogens with one attached hydrogen (secondary N) is 1. The zero-order chi connectivity index (χ0) is 20.3. The van der Waals surface area contributed by atoms with Crippen LogP contribution in [0, 0.1) is 11.3 Å². The molecule has 0 bridgehead atoms. The Morgan fingerprint density at radius 1 is 1.36 bits per heavy atom. The summed E-state index contributed by atoms with van der Waals surface area (Å²) in [5.41, 5.74) is 3.37. The Morgan fingerprint density at radius 2 is 2.14 bits per heavy atom. The summed E-state index contributed by atoms with van der Waals surface area (Å²) in [5.74, 6) is -0.526. The highest BCUT2D eigenvalue weighted by Gasteiger charge is 2.17. The zero-order valence-electron chi connectivity index (χ0n) is 15.4. The van der Waals surface area contributed by atoms with Crippen molar-refractivity contribution in [1.29, 1.82) is 5.26 Å². The molecule has 1 heterocycles. The molecule has 0 aliphatic carbocycles. The monoisotopic (exact) mass is 395 g/mol. The van der Waals surface area contributed by atoms with E-state index >= 15 is 0 Å². The van der Waals surface area contributed by atoms with Crippen LogP contribution in [-0.4, -0.2) is 23.2 Å². The molecule has 0 saturated carbocycles. The highest BCUT2D eigenvalue weighted by Crippen LogP contribution is 2.31. The molecule has 0 amide bonds. The number of aromatic nitrogens is 1. The lowest BCUT2D eigenvalue weighted by Crippen LogP contribution is -2.09. The lowest BCUT2D eigenvalue weighted by atomic mass is 10.0. The summed E-state index contributed by atoms with van der Waals surface area (Å²) < 4.78 is 5.15. The van der Waals surface area contributed by atoms with Crippen LogP contribution in [0.4, 0.5) is 5.69 Å². The first-order valence-electron chi connectivity index (χ1n) is 8.63. The Kier molecular flexibility index (Phi) is 5.67. The fourth-order valence-corrected chi connectivity index (χ4v) is 3.35. The summed E-state index contributed by atoms with van der Waals surface area (Å²) in [6.07, 6.45) is 2.03. The fraction of sp³-hybridized carbons (Fsp3) is 0.190. The molecule has 0 spiro atoms. The number of rotatable bonds is 6. The molecule has 1 aromatic heterocycles. The van der Waals surface area contributed by atoms with E-state index in [1.165, 1.54) is 6.20 Å². The molecule has 28 heavy (non-hydrogen) atoms. The first-order chi connectivity index (χ1) is 13.5. The van der Waals surface area contributed by atoms with Crippen molar-refractivity contribution in [2.45, 2.75) is 19.9 Å². The van der Waals surface area contributed by atoms with E-state index in [1.54, 1.807) is 31.4 Å². The lowest BCUT2D eigenvalue weighted by Gasteiger charge is -2.15. The van der Waals surface area contributed by atoms with Gasteiger partial charge in [0, 0.05) is 18.1 Å². The number of anilines is 1. The predicted octanol–water partition coefficient (Wildman–Crippen LogP) is 4.64. The first-order valence-corrected chi connectivity index (χ1v) is 9.01. The van der Waals surface area contributed by atoms with Crippen LogP contribution in [0.25, 0.3) is 10.9 Å². The number of aromatic carboxylic acids is 1. The van der Waals surface area contributed by atoms with E-state index in [-0.39, 0.29) is 5.56 Å². The fourth-order valence-electron chi connectivity index (χ4n) is 3.07. The number of hydrogen-bond donors (Lipinski definition) is 2. The predicted molar refractivity (Wildman–Crippen MR) is 108 cm³/mol. The number of carbonyl (C=O) groups is 1. The number of benzene rings is 2. The average Bonchev–Trinajstić information content (AvgIpc) is 2.70. The molecule has 0 aliphatic rings. The number of hydrogen-bond acceptors (Lipinski definition) is 5. The first kappa shape index (κ1) is 19.5. The molecule has 0 unspecified atom stereocenters. The number of carboxylic acid groups (broad SMARTS) is 1. The third-order valence-electron chi connectivity index (χ3n) is 4.48. The third kappa shape index (κ3) is 3.71. The topological polar surface area (TPSA) is 95.2 Å². The molecule has 0 radical (unpaired) electrons. The molecule has 0 aliphatic heterocycles. The summed E-state index contributed by atoms with van der Waals surface area (Å²) >= 11 is 6.17. The Labute approximate surface area is 167 Å². The van der Waals surface area contributed by atoms with Crippen molar-refractivity contribution in [1.82, 2.24) is 4.98 Å². The molecule has 7 heteroatoms. The number of carboxylic acids is 1. The molecular weight excluding hydrogens is 378 g/mol. The number of ether oxygens (including phenoxy) is 1. The summed E-state index contributed by atoms with van der Waals surface area (Å²) in [4.78, 5) is 16.1. The molecule has 3 rings (SSSR count). The Hall–Kier alpha value is -3.30. The highest BCUT2D eigenvalue weighted by atomic mass is 35.5. The number of nitrogens with zero attached hydrogens (tertiary/aromatic N) is 2. The second-order valence-electron chi connectivity index (χ2n) is 6.17. The van der Waals surface area contributed by atoms with Crippen molar-refractivity contribution in [2.24, 2.45) is 0 Å². The quantitative estimate of drug-likeness (QED) is 0.631. The van der Waals surface area contributed by atoms with Gasteiger partial charge in [-0.15, -0.1) is 0 Å². The molecule has 0 atom stereocenters. The van der Waals surface area contributed by atoms with E-state index in [1.807, 2.05) is 13.0 Å². The van der Waals surface area contributed by atoms with Crippen LogP contribution >= 0.6 is 11.6 Å². The van der Waals surface area contributed by atoms with Gasteiger partial charge in [-0.1, -0.05) is 24.6 Å². The number of pyridine rings is 1. The number of fused-ring (bicyclic) bond motifs is 1. The van der Waals surface area contributed by atoms with E-state index in [0.717, 1.165) is 11.1 Å². The van der Waals surface area contributed by atoms with E-state index in [0.29, 0.717) is 45.9 Å². The Bertz CT molecular complexity index is 1110. The summed E-state index contributed by atoms with van der Waals surface area (Å²) in [6, 6.07) is 10.9. The van der Waals surface area contributed by atoms with Gasteiger partial charge in [-0.05, 0) is 41.8 Å². The van der Waals surface area contributed by atoms with Gasteiger partial charge < -0.3 is 15.2 Å². The van der Waals surface area contributed by atoms with Crippen molar-refractivity contribution in [3.8, 4) is 11.8 Å². The minimum atomic E-state index is -1.09. The van der Waals surface area contributed by atoms with Crippen molar-refractivity contribution in [2.75, 3.05) is 12.4 Å². The standard InChI is InChI=1S/C21H18ClN3O3/c1-3-14-6-13(9-23)7-15-19(14)25-11-16(21(26)27)20(15)24-10-12-4-5-18(28-2)17(22)8-12/h4-8,11H,3,10H2,1-2H3,(H,24,25)(H,26,27). The van der Waals surface area contributed by atoms with Gasteiger partial charge >= 0.3 is 5.97 Å². The molecule has 2 aromatic carbocycles. The summed E-state index contributed by atoms with van der Waals surface area (Å²) in [7, 11) is 1.54. The summed E-state index contributed by atoms with van der Waals surface area (Å²) in [6.45, 7) is 2.32. The van der Waals surface area contributed by atoms with Gasteiger partial charge in [0.25, 0.3) is 0 Å². The molecular formula is C21H18ClN3O3.